The number of piperazine rings is 1. The number of imidazole rings is 1. The average Bonchev–Trinajstić information content (AvgIpc) is 3.61. The average molecular weight is 653 g/mol. The van der Waals surface area contributed by atoms with E-state index in [0.29, 0.717) is 60.3 Å². The van der Waals surface area contributed by atoms with E-state index in [-0.39, 0.29) is 25.6 Å². The van der Waals surface area contributed by atoms with Gasteiger partial charge in [0.1, 0.15) is 17.8 Å². The third-order valence-electron chi connectivity index (χ3n) is 7.87. The molecule has 1 saturated heterocycles. The molecule has 1 aliphatic rings. The topological polar surface area (TPSA) is 95.0 Å². The van der Waals surface area contributed by atoms with E-state index < -0.39 is 24.4 Å². The van der Waals surface area contributed by atoms with Crippen molar-refractivity contribution in [3.8, 4) is 11.1 Å². The summed E-state index contributed by atoms with van der Waals surface area (Å²) in [5.41, 5.74) is 3.73. The van der Waals surface area contributed by atoms with Gasteiger partial charge in [-0.2, -0.15) is 18.3 Å². The van der Waals surface area contributed by atoms with E-state index in [1.54, 1.807) is 17.1 Å². The first-order valence-electron chi connectivity index (χ1n) is 14.7. The number of H-pyrrole nitrogens is 1. The number of hydrogen-bond acceptors (Lipinski definition) is 6. The zero-order valence-electron chi connectivity index (χ0n) is 24.8. The highest BCUT2D eigenvalue weighted by Gasteiger charge is 2.35. The van der Waals surface area contributed by atoms with Gasteiger partial charge in [0, 0.05) is 68.7 Å². The number of hydrogen-bond donors (Lipinski definition) is 2. The first-order valence-corrected chi connectivity index (χ1v) is 15.0. The summed E-state index contributed by atoms with van der Waals surface area (Å²) in [6, 6.07) is 7.41. The zero-order valence-corrected chi connectivity index (χ0v) is 25.6. The number of unbranched alkanes of at least 4 members (excludes halogenated alkanes) is 1. The quantitative estimate of drug-likeness (QED) is 0.131. The molecular formula is C30H34ClF5N8O. The van der Waals surface area contributed by atoms with E-state index >= 15 is 0 Å². The molecule has 0 saturated carbocycles. The molecule has 45 heavy (non-hydrogen) atoms. The van der Waals surface area contributed by atoms with Gasteiger partial charge in [0.15, 0.2) is 0 Å². The Kier molecular flexibility index (Phi) is 9.63. The van der Waals surface area contributed by atoms with Crippen LogP contribution in [0.3, 0.4) is 0 Å². The van der Waals surface area contributed by atoms with Gasteiger partial charge in [-0.1, -0.05) is 17.7 Å². The van der Waals surface area contributed by atoms with Gasteiger partial charge in [0.25, 0.3) is 0 Å². The molecule has 0 bridgehead atoms. The molecule has 1 unspecified atom stereocenters. The van der Waals surface area contributed by atoms with Crippen molar-refractivity contribution in [2.45, 2.75) is 64.2 Å². The minimum Gasteiger partial charge on any atom is -0.340 e. The Hall–Kier alpha value is -3.78. The molecule has 15 heteroatoms. The smallest absolute Gasteiger partial charge is 0.340 e. The number of pyridine rings is 1. The Morgan fingerprint density at radius 1 is 1.11 bits per heavy atom. The molecule has 0 aliphatic carbocycles. The molecule has 4 aromatic rings. The number of aryl methyl sites for hydroxylation is 1. The van der Waals surface area contributed by atoms with Crippen molar-refractivity contribution >= 4 is 40.3 Å². The van der Waals surface area contributed by atoms with Crippen LogP contribution in [0.5, 0.6) is 0 Å². The fourth-order valence-corrected chi connectivity index (χ4v) is 5.72. The standard InChI is InChI=1S/C30H34ClF5N8O/c1-19(42-11-13-43(14-12-42)25(45)16-30(34,35)36)20-7-9-37-24(15-20)40-28-39-23-6-5-22(26(31)27(23)41-28)21-17-38-44(18-21)10-4-3-8-29(2,32)33/h5-7,9,15,17-19H,3-4,8,10-14,16H2,1-2H3,(H2,37,39,40,41). The molecular weight excluding hydrogens is 619 g/mol. The van der Waals surface area contributed by atoms with Crippen molar-refractivity contribution in [3.63, 3.8) is 0 Å². The Morgan fingerprint density at radius 3 is 2.58 bits per heavy atom. The molecule has 0 radical (unpaired) electrons. The number of carbonyl (C=O) groups is 1. The highest BCUT2D eigenvalue weighted by atomic mass is 35.5. The van der Waals surface area contributed by atoms with Gasteiger partial charge < -0.3 is 15.2 Å². The number of alkyl halides is 5. The first-order chi connectivity index (χ1) is 21.3. The molecule has 242 valence electrons. The molecule has 2 N–H and O–H groups in total. The lowest BCUT2D eigenvalue weighted by molar-refractivity contribution is -0.162. The van der Waals surface area contributed by atoms with Crippen molar-refractivity contribution in [1.82, 2.24) is 34.5 Å². The third kappa shape index (κ3) is 8.48. The summed E-state index contributed by atoms with van der Waals surface area (Å²) in [4.78, 5) is 27.6. The van der Waals surface area contributed by atoms with Crippen LogP contribution >= 0.6 is 11.6 Å². The lowest BCUT2D eigenvalue weighted by Gasteiger charge is -2.38. The fraction of sp³-hybridized carbons (Fsp3) is 0.467. The number of rotatable bonds is 11. The van der Waals surface area contributed by atoms with Crippen LogP contribution in [0.1, 0.15) is 51.1 Å². The number of aromatic amines is 1. The van der Waals surface area contributed by atoms with Crippen LogP contribution in [0, 0.1) is 0 Å². The summed E-state index contributed by atoms with van der Waals surface area (Å²) in [6.45, 7) is 4.83. The number of anilines is 2. The summed E-state index contributed by atoms with van der Waals surface area (Å²) in [5.74, 6) is -2.59. The van der Waals surface area contributed by atoms with Crippen molar-refractivity contribution in [2.24, 2.45) is 0 Å². The molecule has 1 aromatic carbocycles. The van der Waals surface area contributed by atoms with E-state index in [1.165, 1.54) is 4.90 Å². The molecule has 1 atom stereocenters. The van der Waals surface area contributed by atoms with Crippen molar-refractivity contribution in [3.05, 3.63) is 53.4 Å². The minimum atomic E-state index is -4.51. The van der Waals surface area contributed by atoms with Gasteiger partial charge in [-0.3, -0.25) is 14.4 Å². The SMILES string of the molecule is CC(c1ccnc(Nc2nc3c(Cl)c(-c4cnn(CCCCC(C)(F)F)c4)ccc3[nH]2)c1)N1CCN(C(=O)CC(F)(F)F)CC1. The van der Waals surface area contributed by atoms with Gasteiger partial charge in [0.05, 0.1) is 16.7 Å². The van der Waals surface area contributed by atoms with Crippen molar-refractivity contribution < 1.29 is 26.7 Å². The summed E-state index contributed by atoms with van der Waals surface area (Å²) in [5, 5.41) is 7.97. The summed E-state index contributed by atoms with van der Waals surface area (Å²) >= 11 is 6.76. The Bertz CT molecular complexity index is 1620. The number of fused-ring (bicyclic) bond motifs is 1. The third-order valence-corrected chi connectivity index (χ3v) is 8.25. The van der Waals surface area contributed by atoms with Crippen LogP contribution in [0.25, 0.3) is 22.2 Å². The van der Waals surface area contributed by atoms with Crippen molar-refractivity contribution in [2.75, 3.05) is 31.5 Å². The maximum absolute atomic E-state index is 13.1. The zero-order chi connectivity index (χ0) is 32.4. The second kappa shape index (κ2) is 13.3. The molecule has 5 rings (SSSR count). The highest BCUT2D eigenvalue weighted by Crippen LogP contribution is 2.34. The lowest BCUT2D eigenvalue weighted by Crippen LogP contribution is -2.50. The molecule has 1 fully saturated rings. The largest absolute Gasteiger partial charge is 0.397 e. The van der Waals surface area contributed by atoms with E-state index in [4.69, 9.17) is 11.6 Å². The first kappa shape index (κ1) is 32.6. The van der Waals surface area contributed by atoms with Gasteiger partial charge in [-0.15, -0.1) is 0 Å². The van der Waals surface area contributed by atoms with E-state index in [1.807, 2.05) is 37.4 Å². The van der Waals surface area contributed by atoms with Crippen molar-refractivity contribution in [1.29, 1.82) is 0 Å². The number of benzene rings is 1. The van der Waals surface area contributed by atoms with E-state index in [9.17, 15) is 26.7 Å². The van der Waals surface area contributed by atoms with Crippen LogP contribution in [0.4, 0.5) is 33.7 Å². The molecule has 4 heterocycles. The number of nitrogens with zero attached hydrogens (tertiary/aromatic N) is 6. The lowest BCUT2D eigenvalue weighted by atomic mass is 10.1. The number of amides is 1. The summed E-state index contributed by atoms with van der Waals surface area (Å²) in [6.07, 6.45) is 0.0616. The Balaban J connectivity index is 1.21. The predicted octanol–water partition coefficient (Wildman–Crippen LogP) is 7.20. The summed E-state index contributed by atoms with van der Waals surface area (Å²) in [7, 11) is 0. The predicted molar refractivity (Wildman–Crippen MR) is 162 cm³/mol. The van der Waals surface area contributed by atoms with Crippen LogP contribution in [-0.4, -0.2) is 78.7 Å². The van der Waals surface area contributed by atoms with E-state index in [2.05, 4.69) is 30.3 Å². The maximum atomic E-state index is 13.1. The van der Waals surface area contributed by atoms with Gasteiger partial charge >= 0.3 is 6.18 Å². The molecule has 1 aliphatic heterocycles. The van der Waals surface area contributed by atoms with E-state index in [0.717, 1.165) is 23.6 Å². The second-order valence-corrected chi connectivity index (χ2v) is 11.8. The van der Waals surface area contributed by atoms with Crippen LogP contribution < -0.4 is 5.32 Å². The number of halogens is 6. The van der Waals surface area contributed by atoms with Gasteiger partial charge in [-0.05, 0) is 50.5 Å². The fourth-order valence-electron chi connectivity index (χ4n) is 5.41. The second-order valence-electron chi connectivity index (χ2n) is 11.4. The maximum Gasteiger partial charge on any atom is 0.397 e. The number of aromatic nitrogens is 5. The molecule has 3 aromatic heterocycles. The normalized spacial score (nSPS) is 15.5. The molecule has 0 spiro atoms. The van der Waals surface area contributed by atoms with Gasteiger partial charge in [-0.25, -0.2) is 18.7 Å². The molecule has 1 amide bonds. The minimum absolute atomic E-state index is 0.0606. The molecule has 9 nitrogen and oxygen atoms in total. The number of carbonyl (C=O) groups excluding carboxylic acids is 1. The highest BCUT2D eigenvalue weighted by molar-refractivity contribution is 6.37. The summed E-state index contributed by atoms with van der Waals surface area (Å²) < 4.78 is 65.7. The Morgan fingerprint density at radius 2 is 1.87 bits per heavy atom. The number of nitrogens with one attached hydrogen (secondary N) is 2. The van der Waals surface area contributed by atoms with Crippen LogP contribution in [0.2, 0.25) is 5.02 Å². The monoisotopic (exact) mass is 652 g/mol. The Labute approximate surface area is 261 Å². The van der Waals surface area contributed by atoms with Crippen LogP contribution in [-0.2, 0) is 11.3 Å². The van der Waals surface area contributed by atoms with Gasteiger partial charge in [0.2, 0.25) is 17.8 Å². The van der Waals surface area contributed by atoms with Crippen LogP contribution in [0.15, 0.2) is 42.9 Å².